The van der Waals surface area contributed by atoms with Crippen molar-refractivity contribution in [1.82, 2.24) is 0 Å². The summed E-state index contributed by atoms with van der Waals surface area (Å²) in [5.74, 6) is 4.23. The van der Waals surface area contributed by atoms with Crippen LogP contribution in [0.3, 0.4) is 0 Å². The number of benzene rings is 3. The molecular formula is C49H56O10. The number of ether oxygens (including phenoxy) is 8. The lowest BCUT2D eigenvalue weighted by Crippen LogP contribution is -2.84. The number of fused-ring (bicyclic) bond motifs is 30. The van der Waals surface area contributed by atoms with E-state index in [9.17, 15) is 9.59 Å². The second kappa shape index (κ2) is 12.0. The van der Waals surface area contributed by atoms with E-state index >= 15 is 0 Å². The van der Waals surface area contributed by atoms with Gasteiger partial charge in [-0.2, -0.15) is 0 Å². The molecule has 59 heavy (non-hydrogen) atoms. The van der Waals surface area contributed by atoms with E-state index in [2.05, 4.69) is 36.4 Å². The van der Waals surface area contributed by atoms with Crippen molar-refractivity contribution in [1.29, 1.82) is 0 Å². The van der Waals surface area contributed by atoms with Gasteiger partial charge in [0.2, 0.25) is 0 Å². The number of methoxy groups -OCH3 is 8. The highest BCUT2D eigenvalue weighted by Crippen LogP contribution is 2.99. The minimum atomic E-state index is -0.407. The molecule has 10 nitrogen and oxygen atoms in total. The highest BCUT2D eigenvalue weighted by Gasteiger charge is 2.98. The van der Waals surface area contributed by atoms with Gasteiger partial charge in [0.25, 0.3) is 0 Å². The van der Waals surface area contributed by atoms with E-state index in [1.807, 2.05) is 42.7 Å². The molecule has 0 spiro atoms. The Hall–Kier alpha value is -3.70. The van der Waals surface area contributed by atoms with E-state index in [0.717, 1.165) is 41.5 Å². The topological polar surface area (TPSA) is 108 Å². The summed E-state index contributed by atoms with van der Waals surface area (Å²) < 4.78 is 49.7. The zero-order valence-electron chi connectivity index (χ0n) is 35.4. The van der Waals surface area contributed by atoms with Crippen LogP contribution >= 0.6 is 0 Å². The molecule has 0 N–H and O–H groups in total. The molecule has 0 saturated heterocycles. The first-order valence-corrected chi connectivity index (χ1v) is 21.7. The van der Waals surface area contributed by atoms with Crippen molar-refractivity contribution >= 4 is 33.5 Å². The van der Waals surface area contributed by atoms with Crippen molar-refractivity contribution in [3.05, 3.63) is 58.7 Å². The Balaban J connectivity index is 1.06. The summed E-state index contributed by atoms with van der Waals surface area (Å²) in [5.41, 5.74) is 3.03. The minimum absolute atomic E-state index is 0.0616. The van der Waals surface area contributed by atoms with Crippen molar-refractivity contribution in [2.75, 3.05) is 83.3 Å². The molecule has 16 atom stereocenters. The SMILES string of the molecule is COC[C@@]12C3C([C@@H]4C[C@H]3[C@]3(COC)C5C([C@@H]6C[C@H]5c5c6c(OC)c6cc7ccccc7cc6c5OC)[C@]43COC)[C@]1(COC)[C@@H]1C[C@H]2C2C(C(=O)OC)=C(C(=O)OC)C21. The third kappa shape index (κ3) is 3.52. The molecule has 0 aromatic heterocycles. The lowest BCUT2D eigenvalue weighted by Gasteiger charge is -2.83. The lowest BCUT2D eigenvalue weighted by atomic mass is 9.20. The van der Waals surface area contributed by atoms with Gasteiger partial charge in [0, 0.05) is 83.8 Å². The first-order chi connectivity index (χ1) is 28.7. The largest absolute Gasteiger partial charge is 0.496 e. The molecule has 7 fully saturated rings. The average molecular weight is 805 g/mol. The Morgan fingerprint density at radius 3 is 1.25 bits per heavy atom. The van der Waals surface area contributed by atoms with E-state index in [0.29, 0.717) is 84.9 Å². The van der Waals surface area contributed by atoms with Crippen LogP contribution in [0.5, 0.6) is 11.5 Å². The van der Waals surface area contributed by atoms with Crippen LogP contribution in [-0.2, 0) is 38.0 Å². The predicted molar refractivity (Wildman–Crippen MR) is 217 cm³/mol. The van der Waals surface area contributed by atoms with Crippen molar-refractivity contribution in [3.63, 3.8) is 0 Å². The van der Waals surface area contributed by atoms with Crippen LogP contribution in [-0.4, -0.2) is 95.2 Å². The van der Waals surface area contributed by atoms with E-state index in [1.54, 1.807) is 0 Å². The maximum absolute atomic E-state index is 13.6. The van der Waals surface area contributed by atoms with Gasteiger partial charge in [-0.05, 0) is 101 Å². The van der Waals surface area contributed by atoms with Gasteiger partial charge < -0.3 is 37.9 Å². The molecule has 0 heterocycles. The van der Waals surface area contributed by atoms with Crippen molar-refractivity contribution < 1.29 is 47.5 Å². The molecule has 0 radical (unpaired) electrons. The Bertz CT molecular complexity index is 2250. The third-order valence-electron chi connectivity index (χ3n) is 19.6. The van der Waals surface area contributed by atoms with Crippen LogP contribution in [0.1, 0.15) is 42.2 Å². The van der Waals surface area contributed by atoms with E-state index < -0.39 is 11.9 Å². The molecule has 9 aliphatic rings. The molecule has 7 saturated carbocycles. The summed E-state index contributed by atoms with van der Waals surface area (Å²) in [5, 5.41) is 4.61. The molecule has 6 bridgehead atoms. The van der Waals surface area contributed by atoms with Crippen molar-refractivity contribution in [3.8, 4) is 11.5 Å². The van der Waals surface area contributed by atoms with Crippen LogP contribution in [0, 0.1) is 80.8 Å². The molecule has 3 aromatic carbocycles. The number of carbonyl (C=O) groups is 2. The number of hydrogen-bond acceptors (Lipinski definition) is 10. The molecule has 3 aromatic rings. The van der Waals surface area contributed by atoms with Crippen molar-refractivity contribution in [2.24, 2.45) is 80.8 Å². The van der Waals surface area contributed by atoms with Crippen molar-refractivity contribution in [2.45, 2.75) is 31.1 Å². The molecule has 12 rings (SSSR count). The summed E-state index contributed by atoms with van der Waals surface area (Å²) in [4.78, 5) is 27.2. The molecule has 312 valence electrons. The minimum Gasteiger partial charge on any atom is -0.496 e. The second-order valence-corrected chi connectivity index (χ2v) is 19.8. The van der Waals surface area contributed by atoms with Gasteiger partial charge >= 0.3 is 11.9 Å². The Kier molecular flexibility index (Phi) is 7.56. The lowest BCUT2D eigenvalue weighted by molar-refractivity contribution is -0.387. The van der Waals surface area contributed by atoms with Gasteiger partial charge in [-0.25, -0.2) is 9.59 Å². The number of carbonyl (C=O) groups excluding carboxylic acids is 2. The molecule has 9 aliphatic carbocycles. The average Bonchev–Trinajstić information content (AvgIpc) is 4.04. The first-order valence-electron chi connectivity index (χ1n) is 21.7. The molecule has 10 heteroatoms. The summed E-state index contributed by atoms with van der Waals surface area (Å²) in [6.07, 6.45) is 3.11. The van der Waals surface area contributed by atoms with Crippen LogP contribution in [0.15, 0.2) is 47.5 Å². The van der Waals surface area contributed by atoms with Crippen LogP contribution in [0.4, 0.5) is 0 Å². The summed E-state index contributed by atoms with van der Waals surface area (Å²) in [6, 6.07) is 13.1. The predicted octanol–water partition coefficient (Wildman–Crippen LogP) is 6.81. The molecule has 6 unspecified atom stereocenters. The Morgan fingerprint density at radius 2 is 0.898 bits per heavy atom. The smallest absolute Gasteiger partial charge is 0.334 e. The molecular weight excluding hydrogens is 749 g/mol. The molecule has 0 aliphatic heterocycles. The fourth-order valence-corrected chi connectivity index (χ4v) is 19.4. The number of rotatable bonds is 12. The first kappa shape index (κ1) is 37.1. The number of esters is 2. The fraction of sp³-hybridized carbons (Fsp3) is 0.633. The summed E-state index contributed by atoms with van der Waals surface area (Å²) >= 11 is 0. The standard InChI is InChI=1S/C49H56O10/c1-52-18-46-28-16-29(35-34(28)36(44(50)58-7)37(35)45(51)59-8)47(46,19-53-2)41-31-17-30(40(41)46)48(20-54-3)38-26-15-27(39(38)49(31,48)21-55-4)33-32(26)42(56-5)24-13-22-11-9-10-12-23(22)14-25(24)43(33)57-6/h9-14,26-31,34-35,38-41H,15-21H2,1-8H3/t26-,27+,28-,29+,30+,31-,34?,35?,38?,39?,40?,41?,46+,47-,48+,49-. The van der Waals surface area contributed by atoms with Gasteiger partial charge in [-0.1, -0.05) is 24.3 Å². The van der Waals surface area contributed by atoms with Gasteiger partial charge in [0.1, 0.15) is 11.5 Å². The second-order valence-electron chi connectivity index (χ2n) is 19.8. The van der Waals surface area contributed by atoms with Crippen LogP contribution in [0.25, 0.3) is 21.5 Å². The zero-order valence-corrected chi connectivity index (χ0v) is 35.4. The fourth-order valence-electron chi connectivity index (χ4n) is 19.4. The van der Waals surface area contributed by atoms with E-state index in [4.69, 9.17) is 37.9 Å². The van der Waals surface area contributed by atoms with E-state index in [1.165, 1.54) is 36.1 Å². The highest BCUT2D eigenvalue weighted by molar-refractivity contribution is 6.06. The zero-order chi connectivity index (χ0) is 40.7. The Morgan fingerprint density at radius 1 is 0.525 bits per heavy atom. The van der Waals surface area contributed by atoms with Gasteiger partial charge in [-0.3, -0.25) is 0 Å². The monoisotopic (exact) mass is 804 g/mol. The molecule has 0 amide bonds. The number of hydrogen-bond donors (Lipinski definition) is 0. The van der Waals surface area contributed by atoms with Gasteiger partial charge in [0.05, 0.1) is 66.0 Å². The van der Waals surface area contributed by atoms with Crippen LogP contribution in [0.2, 0.25) is 0 Å². The summed E-state index contributed by atoms with van der Waals surface area (Å²) in [7, 11) is 14.0. The van der Waals surface area contributed by atoms with Gasteiger partial charge in [-0.15, -0.1) is 0 Å². The maximum Gasteiger partial charge on any atom is 0.334 e. The third-order valence-corrected chi connectivity index (χ3v) is 19.6. The quantitative estimate of drug-likeness (QED) is 0.0840. The summed E-state index contributed by atoms with van der Waals surface area (Å²) in [6.45, 7) is 2.56. The van der Waals surface area contributed by atoms with Gasteiger partial charge in [0.15, 0.2) is 0 Å². The highest BCUT2D eigenvalue weighted by atomic mass is 16.5. The normalized spacial score (nSPS) is 43.9. The van der Waals surface area contributed by atoms with Crippen LogP contribution < -0.4 is 9.47 Å². The van der Waals surface area contributed by atoms with E-state index in [-0.39, 0.29) is 45.3 Å². The maximum atomic E-state index is 13.6. The Labute approximate surface area is 345 Å².